The summed E-state index contributed by atoms with van der Waals surface area (Å²) in [7, 11) is -1.75. The van der Waals surface area contributed by atoms with Gasteiger partial charge in [0.15, 0.2) is 0 Å². The van der Waals surface area contributed by atoms with Crippen LogP contribution in [-0.4, -0.2) is 71.3 Å². The minimum Gasteiger partial charge on any atom is -0.497 e. The number of pyridine rings is 1. The first kappa shape index (κ1) is 22.0. The Bertz CT molecular complexity index is 1880. The summed E-state index contributed by atoms with van der Waals surface area (Å²) in [6.07, 6.45) is 5.91. The number of aromatic nitrogens is 4. The molecule has 1 aromatic carbocycles. The fraction of sp³-hybridized carbons (Fsp3) is 0.414. The molecule has 1 N–H and O–H groups in total. The SMILES string of the molecule is [2H]C([2H])([2H])N1C(=O)C2(CC3(CN(S(=O)(=O)CC)C3)C2)c2c1cnc1[nH]c(-c3cnn(CC)c3)c(-c3ccc(OC)cc3)c21. The van der Waals surface area contributed by atoms with E-state index in [1.165, 1.54) is 10.5 Å². The van der Waals surface area contributed by atoms with Gasteiger partial charge in [-0.3, -0.25) is 9.48 Å². The summed E-state index contributed by atoms with van der Waals surface area (Å²) < 4.78 is 58.5. The van der Waals surface area contributed by atoms with Crippen molar-refractivity contribution < 1.29 is 22.1 Å². The number of ether oxygens (including phenoxy) is 1. The van der Waals surface area contributed by atoms with Crippen molar-refractivity contribution in [1.82, 2.24) is 24.1 Å². The molecule has 3 aromatic heterocycles. The highest BCUT2D eigenvalue weighted by Gasteiger charge is 2.68. The zero-order chi connectivity index (χ0) is 30.5. The number of fused-ring (bicyclic) bond motifs is 4. The van der Waals surface area contributed by atoms with Gasteiger partial charge in [-0.2, -0.15) is 5.10 Å². The number of aryl methyl sites for hydroxylation is 1. The zero-order valence-electron chi connectivity index (χ0n) is 25.6. The number of methoxy groups -OCH3 is 1. The second kappa shape index (κ2) is 8.40. The van der Waals surface area contributed by atoms with Crippen LogP contribution in [0, 0.1) is 5.41 Å². The lowest BCUT2D eigenvalue weighted by Gasteiger charge is -2.62. The topological polar surface area (TPSA) is 113 Å². The fourth-order valence-corrected chi connectivity index (χ4v) is 8.33. The molecule has 0 radical (unpaired) electrons. The van der Waals surface area contributed by atoms with Crippen molar-refractivity contribution in [1.29, 1.82) is 0 Å². The molecule has 5 heterocycles. The van der Waals surface area contributed by atoms with Gasteiger partial charge in [0.2, 0.25) is 15.9 Å². The number of nitrogens with one attached hydrogen (secondary N) is 1. The van der Waals surface area contributed by atoms with Gasteiger partial charge in [-0.05, 0) is 44.4 Å². The van der Waals surface area contributed by atoms with Crippen LogP contribution < -0.4 is 9.64 Å². The highest BCUT2D eigenvalue weighted by Crippen LogP contribution is 2.66. The van der Waals surface area contributed by atoms with Gasteiger partial charge in [0.1, 0.15) is 11.4 Å². The van der Waals surface area contributed by atoms with E-state index < -0.39 is 28.3 Å². The second-order valence-electron chi connectivity index (χ2n) is 11.2. The van der Waals surface area contributed by atoms with Gasteiger partial charge < -0.3 is 14.6 Å². The summed E-state index contributed by atoms with van der Waals surface area (Å²) in [4.78, 5) is 23.3. The maximum Gasteiger partial charge on any atom is 0.237 e. The molecule has 40 heavy (non-hydrogen) atoms. The molecule has 4 aromatic rings. The number of H-pyrrole nitrogens is 1. The first-order valence-electron chi connectivity index (χ1n) is 14.9. The highest BCUT2D eigenvalue weighted by molar-refractivity contribution is 7.89. The van der Waals surface area contributed by atoms with Crippen molar-refractivity contribution in [3.05, 3.63) is 48.4 Å². The van der Waals surface area contributed by atoms with Crippen molar-refractivity contribution in [2.24, 2.45) is 5.41 Å². The summed E-state index contributed by atoms with van der Waals surface area (Å²) in [5, 5.41) is 5.15. The van der Waals surface area contributed by atoms with Crippen LogP contribution in [0.15, 0.2) is 42.9 Å². The van der Waals surface area contributed by atoms with Crippen LogP contribution in [-0.2, 0) is 26.8 Å². The summed E-state index contributed by atoms with van der Waals surface area (Å²) in [6.45, 7) is 2.24. The van der Waals surface area contributed by atoms with Crippen molar-refractivity contribution in [2.75, 3.05) is 37.8 Å². The number of carbonyl (C=O) groups excluding carboxylic acids is 1. The van der Waals surface area contributed by atoms with Crippen molar-refractivity contribution in [3.8, 4) is 28.1 Å². The van der Waals surface area contributed by atoms with E-state index in [-0.39, 0.29) is 16.9 Å². The minimum atomic E-state index is -3.35. The van der Waals surface area contributed by atoms with Crippen LogP contribution >= 0.6 is 0 Å². The Morgan fingerprint density at radius 2 is 1.88 bits per heavy atom. The average Bonchev–Trinajstić information content (AvgIpc) is 3.62. The number of benzene rings is 1. The summed E-state index contributed by atoms with van der Waals surface area (Å²) >= 11 is 0. The number of hydrogen-bond donors (Lipinski definition) is 1. The van der Waals surface area contributed by atoms with Crippen LogP contribution in [0.4, 0.5) is 5.69 Å². The number of nitrogens with zero attached hydrogens (tertiary/aromatic N) is 5. The van der Waals surface area contributed by atoms with Gasteiger partial charge in [-0.15, -0.1) is 0 Å². The number of likely N-dealkylation sites (N-methyl/N-ethyl adjacent to an activating group) is 1. The first-order valence-corrected chi connectivity index (χ1v) is 15.0. The van der Waals surface area contributed by atoms with E-state index in [0.29, 0.717) is 54.8 Å². The quantitative estimate of drug-likeness (QED) is 0.382. The number of anilines is 1. The third kappa shape index (κ3) is 3.30. The van der Waals surface area contributed by atoms with Gasteiger partial charge >= 0.3 is 0 Å². The molecule has 10 nitrogen and oxygen atoms in total. The molecular formula is C29H32N6O4S. The maximum absolute atomic E-state index is 14.2. The molecule has 3 aliphatic rings. The summed E-state index contributed by atoms with van der Waals surface area (Å²) in [6, 6.07) is 7.58. The predicted octanol–water partition coefficient (Wildman–Crippen LogP) is 3.78. The lowest BCUT2D eigenvalue weighted by Crippen LogP contribution is -2.69. The summed E-state index contributed by atoms with van der Waals surface area (Å²) in [5.74, 6) is 0.215. The zero-order valence-corrected chi connectivity index (χ0v) is 23.4. The van der Waals surface area contributed by atoms with E-state index in [2.05, 4.69) is 15.1 Å². The van der Waals surface area contributed by atoms with Gasteiger partial charge in [0, 0.05) is 64.4 Å². The molecule has 2 fully saturated rings. The molecule has 0 unspecified atom stereocenters. The van der Waals surface area contributed by atoms with Gasteiger partial charge in [0.25, 0.3) is 0 Å². The third-order valence-electron chi connectivity index (χ3n) is 8.89. The monoisotopic (exact) mass is 563 g/mol. The molecule has 2 spiro atoms. The highest BCUT2D eigenvalue weighted by atomic mass is 32.2. The Labute approximate surface area is 237 Å². The van der Waals surface area contributed by atoms with Crippen LogP contribution in [0.5, 0.6) is 5.75 Å². The van der Waals surface area contributed by atoms with Crippen LogP contribution in [0.1, 0.15) is 36.4 Å². The van der Waals surface area contributed by atoms with Crippen molar-refractivity contribution in [3.63, 3.8) is 0 Å². The molecule has 208 valence electrons. The largest absolute Gasteiger partial charge is 0.497 e. The molecule has 2 aliphatic heterocycles. The minimum absolute atomic E-state index is 0.0149. The van der Waals surface area contributed by atoms with Gasteiger partial charge in [-0.1, -0.05) is 12.1 Å². The second-order valence-corrected chi connectivity index (χ2v) is 13.4. The Morgan fingerprint density at radius 3 is 2.50 bits per heavy atom. The van der Waals surface area contributed by atoms with Crippen molar-refractivity contribution in [2.45, 2.75) is 38.6 Å². The van der Waals surface area contributed by atoms with E-state index >= 15 is 0 Å². The number of rotatable bonds is 6. The Hall–Kier alpha value is -3.70. The number of carbonyl (C=O) groups is 1. The number of hydrogen-bond acceptors (Lipinski definition) is 6. The van der Waals surface area contributed by atoms with Crippen molar-refractivity contribution >= 4 is 32.7 Å². The first-order chi connectivity index (χ1) is 20.4. The Balaban J connectivity index is 1.46. The van der Waals surface area contributed by atoms with Crippen LogP contribution in [0.25, 0.3) is 33.4 Å². The number of sulfonamides is 1. The maximum atomic E-state index is 14.2. The van der Waals surface area contributed by atoms with E-state index in [9.17, 15) is 13.2 Å². The molecule has 1 saturated heterocycles. The standard InChI is InChI=1S/C29H32N6O4S/c1-5-34-13-19(11-31-34)25-22(18-7-9-20(39-4)10-8-18)23-24-21(12-30-26(23)32-25)33(3)27(36)29(24)14-28(15-29)16-35(17-28)40(37,38)6-2/h7-13H,5-6,14-17H2,1-4H3,(H,30,32)/i3D3. The van der Waals surface area contributed by atoms with Gasteiger partial charge in [-0.25, -0.2) is 17.7 Å². The molecule has 1 amide bonds. The lowest BCUT2D eigenvalue weighted by molar-refractivity contribution is -0.139. The third-order valence-corrected chi connectivity index (χ3v) is 10.7. The smallest absolute Gasteiger partial charge is 0.237 e. The van der Waals surface area contributed by atoms with Crippen LogP contribution in [0.3, 0.4) is 0 Å². The van der Waals surface area contributed by atoms with E-state index in [1.807, 2.05) is 42.1 Å². The van der Waals surface area contributed by atoms with Crippen LogP contribution in [0.2, 0.25) is 0 Å². The van der Waals surface area contributed by atoms with Gasteiger partial charge in [0.05, 0.1) is 42.1 Å². The Morgan fingerprint density at radius 1 is 1.12 bits per heavy atom. The number of amides is 1. The fourth-order valence-electron chi connectivity index (χ4n) is 7.02. The summed E-state index contributed by atoms with van der Waals surface area (Å²) in [5.41, 5.74) is 3.18. The molecule has 11 heteroatoms. The van der Waals surface area contributed by atoms with E-state index in [0.717, 1.165) is 27.3 Å². The molecule has 0 atom stereocenters. The molecule has 7 rings (SSSR count). The molecular weight excluding hydrogens is 528 g/mol. The van der Waals surface area contributed by atoms with E-state index in [1.54, 1.807) is 20.2 Å². The molecule has 1 saturated carbocycles. The predicted molar refractivity (Wildman–Crippen MR) is 153 cm³/mol. The number of aromatic amines is 1. The average molecular weight is 564 g/mol. The molecule has 1 aliphatic carbocycles. The Kier molecular flexibility index (Phi) is 4.63. The normalized spacial score (nSPS) is 20.7. The lowest BCUT2D eigenvalue weighted by atomic mass is 9.48. The van der Waals surface area contributed by atoms with E-state index in [4.69, 9.17) is 8.85 Å². The molecule has 0 bridgehead atoms.